The van der Waals surface area contributed by atoms with E-state index in [-0.39, 0.29) is 30.5 Å². The molecule has 0 radical (unpaired) electrons. The number of nitrogens with one attached hydrogen (secondary N) is 2. The number of piperazine rings is 1. The zero-order valence-electron chi connectivity index (χ0n) is 23.1. The van der Waals surface area contributed by atoms with E-state index in [9.17, 15) is 14.7 Å². The monoisotopic (exact) mass is 562 g/mol. The lowest BCUT2D eigenvalue weighted by Crippen LogP contribution is -2.49. The first-order valence-corrected chi connectivity index (χ1v) is 13.9. The van der Waals surface area contributed by atoms with Gasteiger partial charge in [-0.05, 0) is 30.0 Å². The molecular formula is C30H35FN6O4. The number of halogens is 1. The number of aromatic nitrogens is 2. The van der Waals surface area contributed by atoms with Gasteiger partial charge in [0.25, 0.3) is 0 Å². The van der Waals surface area contributed by atoms with E-state index in [0.717, 1.165) is 35.5 Å². The second-order valence-corrected chi connectivity index (χ2v) is 10.4. The van der Waals surface area contributed by atoms with Gasteiger partial charge in [-0.1, -0.05) is 42.5 Å². The first kappa shape index (κ1) is 28.3. The molecule has 2 aliphatic rings. The molecule has 3 heterocycles. The molecule has 0 saturated carbocycles. The van der Waals surface area contributed by atoms with Gasteiger partial charge in [0, 0.05) is 51.3 Å². The third-order valence-electron chi connectivity index (χ3n) is 7.69. The molecule has 5 rings (SSSR count). The van der Waals surface area contributed by atoms with Crippen molar-refractivity contribution in [2.45, 2.75) is 25.3 Å². The van der Waals surface area contributed by atoms with Crippen LogP contribution in [-0.4, -0.2) is 79.4 Å². The summed E-state index contributed by atoms with van der Waals surface area (Å²) in [5.41, 5.74) is 2.67. The minimum absolute atomic E-state index is 0.137. The van der Waals surface area contributed by atoms with Crippen LogP contribution in [0.25, 0.3) is 11.1 Å². The maximum Gasteiger partial charge on any atom is 0.326 e. The summed E-state index contributed by atoms with van der Waals surface area (Å²) >= 11 is 0. The fraction of sp³-hybridized carbons (Fsp3) is 0.400. The average molecular weight is 563 g/mol. The summed E-state index contributed by atoms with van der Waals surface area (Å²) in [5, 5.41) is 15.9. The van der Waals surface area contributed by atoms with Crippen molar-refractivity contribution >= 4 is 23.5 Å². The predicted molar refractivity (Wildman–Crippen MR) is 154 cm³/mol. The van der Waals surface area contributed by atoms with Gasteiger partial charge in [0.1, 0.15) is 18.1 Å². The normalized spacial score (nSPS) is 18.0. The highest BCUT2D eigenvalue weighted by Gasteiger charge is 2.32. The molecule has 1 unspecified atom stereocenters. The Bertz CT molecular complexity index is 1370. The van der Waals surface area contributed by atoms with Crippen LogP contribution in [0.5, 0.6) is 5.75 Å². The summed E-state index contributed by atoms with van der Waals surface area (Å²) in [6.45, 7) is 3.61. The van der Waals surface area contributed by atoms with E-state index in [2.05, 4.69) is 20.6 Å². The fourth-order valence-electron chi connectivity index (χ4n) is 5.48. The number of hydrogen-bond acceptors (Lipinski definition) is 8. The Balaban J connectivity index is 1.24. The van der Waals surface area contributed by atoms with E-state index in [4.69, 9.17) is 4.74 Å². The molecule has 11 heteroatoms. The SMILES string of the molecule is COc1ccccc1-c1ccc(C[C@H](NC(=O)C2CCCN(c3ncnc(N4CCNCC4)c3F)C2)C(=O)O)cc1. The van der Waals surface area contributed by atoms with Crippen molar-refractivity contribution in [1.82, 2.24) is 20.6 Å². The van der Waals surface area contributed by atoms with Gasteiger partial charge >= 0.3 is 5.97 Å². The van der Waals surface area contributed by atoms with Crippen LogP contribution in [0.3, 0.4) is 0 Å². The molecule has 2 aromatic carbocycles. The highest BCUT2D eigenvalue weighted by atomic mass is 19.1. The number of piperidine rings is 1. The molecular weight excluding hydrogens is 527 g/mol. The number of nitrogens with zero attached hydrogens (tertiary/aromatic N) is 4. The van der Waals surface area contributed by atoms with Crippen LogP contribution in [0.15, 0.2) is 54.9 Å². The Morgan fingerprint density at radius 1 is 1.07 bits per heavy atom. The van der Waals surface area contributed by atoms with Crippen molar-refractivity contribution in [3.8, 4) is 16.9 Å². The minimum atomic E-state index is -1.11. The quantitative estimate of drug-likeness (QED) is 0.362. The molecule has 2 atom stereocenters. The van der Waals surface area contributed by atoms with Gasteiger partial charge in [0.05, 0.1) is 13.0 Å². The minimum Gasteiger partial charge on any atom is -0.496 e. The third kappa shape index (κ3) is 6.57. The van der Waals surface area contributed by atoms with Crippen molar-refractivity contribution in [3.63, 3.8) is 0 Å². The van der Waals surface area contributed by atoms with Crippen LogP contribution in [-0.2, 0) is 16.0 Å². The molecule has 1 amide bonds. The van der Waals surface area contributed by atoms with Gasteiger partial charge in [-0.25, -0.2) is 14.8 Å². The topological polar surface area (TPSA) is 120 Å². The molecule has 216 valence electrons. The third-order valence-corrected chi connectivity index (χ3v) is 7.69. The highest BCUT2D eigenvalue weighted by molar-refractivity contribution is 5.85. The number of anilines is 2. The molecule has 0 spiro atoms. The number of hydrogen-bond donors (Lipinski definition) is 3. The van der Waals surface area contributed by atoms with Gasteiger partial charge in [-0.15, -0.1) is 0 Å². The molecule has 1 aromatic heterocycles. The fourth-order valence-corrected chi connectivity index (χ4v) is 5.48. The van der Waals surface area contributed by atoms with Crippen LogP contribution >= 0.6 is 0 Å². The lowest BCUT2D eigenvalue weighted by molar-refractivity contribution is -0.142. The molecule has 2 aliphatic heterocycles. The van der Waals surface area contributed by atoms with Crippen molar-refractivity contribution in [1.29, 1.82) is 0 Å². The Kier molecular flexibility index (Phi) is 8.93. The van der Waals surface area contributed by atoms with Crippen LogP contribution in [0.4, 0.5) is 16.0 Å². The van der Waals surface area contributed by atoms with Crippen LogP contribution < -0.4 is 25.2 Å². The van der Waals surface area contributed by atoms with E-state index >= 15 is 4.39 Å². The number of carboxylic acid groups (broad SMARTS) is 1. The van der Waals surface area contributed by atoms with E-state index in [1.54, 1.807) is 12.0 Å². The second kappa shape index (κ2) is 12.9. The van der Waals surface area contributed by atoms with Crippen molar-refractivity contribution in [2.24, 2.45) is 5.92 Å². The summed E-state index contributed by atoms with van der Waals surface area (Å²) in [5.74, 6) is -1.25. The Morgan fingerprint density at radius 2 is 1.78 bits per heavy atom. The second-order valence-electron chi connectivity index (χ2n) is 10.4. The average Bonchev–Trinajstić information content (AvgIpc) is 3.01. The van der Waals surface area contributed by atoms with Crippen molar-refractivity contribution < 1.29 is 23.8 Å². The van der Waals surface area contributed by atoms with Gasteiger partial charge in [-0.2, -0.15) is 4.39 Å². The summed E-state index contributed by atoms with van der Waals surface area (Å²) in [6, 6.07) is 14.1. The number of para-hydroxylation sites is 1. The Morgan fingerprint density at radius 3 is 2.49 bits per heavy atom. The molecule has 2 saturated heterocycles. The summed E-state index contributed by atoms with van der Waals surface area (Å²) in [6.07, 6.45) is 2.74. The number of amides is 1. The summed E-state index contributed by atoms with van der Waals surface area (Å²) in [7, 11) is 1.62. The van der Waals surface area contributed by atoms with E-state index in [0.29, 0.717) is 32.5 Å². The van der Waals surface area contributed by atoms with Crippen molar-refractivity contribution in [3.05, 3.63) is 66.2 Å². The Labute approximate surface area is 238 Å². The smallest absolute Gasteiger partial charge is 0.326 e. The maximum atomic E-state index is 15.5. The molecule has 2 fully saturated rings. The lowest BCUT2D eigenvalue weighted by Gasteiger charge is -2.34. The molecule has 3 aromatic rings. The van der Waals surface area contributed by atoms with Gasteiger partial charge in [-0.3, -0.25) is 4.79 Å². The standard InChI is InChI=1S/C30H35FN6O4/c1-41-25-7-3-2-6-23(25)21-10-8-20(9-11-21)17-24(30(39)40)35-29(38)22-5-4-14-37(18-22)28-26(31)27(33-19-34-28)36-15-12-32-13-16-36/h2-3,6-11,19,22,24,32H,4-5,12-18H2,1H3,(H,35,38)(H,39,40)/t22?,24-/m0/s1. The first-order chi connectivity index (χ1) is 19.9. The number of carbonyl (C=O) groups is 2. The van der Waals surface area contributed by atoms with Crippen LogP contribution in [0.1, 0.15) is 18.4 Å². The van der Waals surface area contributed by atoms with E-state index in [1.807, 2.05) is 53.4 Å². The lowest BCUT2D eigenvalue weighted by atomic mass is 9.95. The number of carbonyl (C=O) groups excluding carboxylic acids is 1. The largest absolute Gasteiger partial charge is 0.496 e. The number of benzene rings is 2. The van der Waals surface area contributed by atoms with Gasteiger partial charge in [0.2, 0.25) is 11.7 Å². The summed E-state index contributed by atoms with van der Waals surface area (Å²) < 4.78 is 20.9. The Hall–Kier alpha value is -4.25. The zero-order valence-corrected chi connectivity index (χ0v) is 23.1. The molecule has 0 aliphatic carbocycles. The van der Waals surface area contributed by atoms with Crippen molar-refractivity contribution in [2.75, 3.05) is 56.2 Å². The van der Waals surface area contributed by atoms with Gasteiger partial charge in [0.15, 0.2) is 11.6 Å². The number of carboxylic acids is 1. The highest BCUT2D eigenvalue weighted by Crippen LogP contribution is 2.30. The number of ether oxygens (including phenoxy) is 1. The number of methoxy groups -OCH3 is 1. The maximum absolute atomic E-state index is 15.5. The van der Waals surface area contributed by atoms with E-state index in [1.165, 1.54) is 6.33 Å². The molecule has 3 N–H and O–H groups in total. The number of aliphatic carboxylic acids is 1. The number of rotatable bonds is 9. The first-order valence-electron chi connectivity index (χ1n) is 13.9. The van der Waals surface area contributed by atoms with Crippen LogP contribution in [0.2, 0.25) is 0 Å². The molecule has 10 nitrogen and oxygen atoms in total. The van der Waals surface area contributed by atoms with Gasteiger partial charge < -0.3 is 30.3 Å². The molecule has 0 bridgehead atoms. The molecule has 41 heavy (non-hydrogen) atoms. The predicted octanol–water partition coefficient (Wildman–Crippen LogP) is 2.73. The van der Waals surface area contributed by atoms with Crippen LogP contribution in [0, 0.1) is 11.7 Å². The summed E-state index contributed by atoms with van der Waals surface area (Å²) in [4.78, 5) is 37.4. The van der Waals surface area contributed by atoms with E-state index < -0.39 is 23.7 Å². The zero-order chi connectivity index (χ0) is 28.8.